The van der Waals surface area contributed by atoms with Gasteiger partial charge in [0.2, 0.25) is 0 Å². The molecule has 13 heavy (non-hydrogen) atoms. The first-order valence-corrected chi connectivity index (χ1v) is 5.22. The zero-order valence-corrected chi connectivity index (χ0v) is 8.06. The van der Waals surface area contributed by atoms with Gasteiger partial charge in [0, 0.05) is 24.5 Å². The first-order chi connectivity index (χ1) is 6.31. The van der Waals surface area contributed by atoms with Gasteiger partial charge in [0.05, 0.1) is 0 Å². The third kappa shape index (κ3) is 1.75. The van der Waals surface area contributed by atoms with E-state index in [1.54, 1.807) is 11.3 Å². The number of hydrogen-bond donors (Lipinski definition) is 1. The molecule has 1 atom stereocenters. The monoisotopic (exact) mass is 201 g/mol. The number of hydrogen-bond acceptors (Lipinski definition) is 3. The molecule has 4 heteroatoms. The van der Waals surface area contributed by atoms with Crippen molar-refractivity contribution in [1.29, 1.82) is 0 Å². The number of aliphatic hydroxyl groups excluding tert-OH is 1. The van der Waals surface area contributed by atoms with Gasteiger partial charge in [0.1, 0.15) is 12.8 Å². The number of β-amino-alcohol motifs (C(OH)–C–C–N with tert-alkyl or cyclic N) is 1. The van der Waals surface area contributed by atoms with Gasteiger partial charge < -0.3 is 5.11 Å². The van der Waals surface area contributed by atoms with Gasteiger partial charge in [-0.1, -0.05) is 0 Å². The van der Waals surface area contributed by atoms with Gasteiger partial charge in [-0.25, -0.2) is 4.39 Å². The Morgan fingerprint density at radius 3 is 3.31 bits per heavy atom. The molecular weight excluding hydrogens is 189 g/mol. The number of thiophene rings is 1. The van der Waals surface area contributed by atoms with Crippen molar-refractivity contribution >= 4 is 11.3 Å². The lowest BCUT2D eigenvalue weighted by molar-refractivity contribution is 0.0919. The Morgan fingerprint density at radius 2 is 2.54 bits per heavy atom. The molecule has 0 fully saturated rings. The molecule has 0 spiro atoms. The molecule has 0 saturated carbocycles. The molecule has 0 aliphatic carbocycles. The minimum atomic E-state index is -0.421. The quantitative estimate of drug-likeness (QED) is 0.785. The first kappa shape index (κ1) is 9.12. The molecule has 0 radical (unpaired) electrons. The zero-order valence-electron chi connectivity index (χ0n) is 7.24. The van der Waals surface area contributed by atoms with E-state index in [-0.39, 0.29) is 6.67 Å². The largest absolute Gasteiger partial charge is 0.386 e. The molecule has 1 aliphatic rings. The molecule has 1 aromatic heterocycles. The molecule has 0 amide bonds. The van der Waals surface area contributed by atoms with Crippen LogP contribution in [0.3, 0.4) is 0 Å². The van der Waals surface area contributed by atoms with Crippen LogP contribution >= 0.6 is 11.3 Å². The van der Waals surface area contributed by atoms with E-state index in [2.05, 4.69) is 0 Å². The summed E-state index contributed by atoms with van der Waals surface area (Å²) in [5, 5.41) is 11.7. The highest BCUT2D eigenvalue weighted by Gasteiger charge is 2.23. The van der Waals surface area contributed by atoms with Crippen molar-refractivity contribution in [2.24, 2.45) is 0 Å². The standard InChI is InChI=1S/C9H12FNOS/c10-2-3-11-5-7-1-4-13-9(7)8(12)6-11/h1,4,8,12H,2-3,5-6H2. The van der Waals surface area contributed by atoms with Gasteiger partial charge in [0.25, 0.3) is 0 Å². The second kappa shape index (κ2) is 3.74. The van der Waals surface area contributed by atoms with Crippen LogP contribution in [-0.4, -0.2) is 29.8 Å². The summed E-state index contributed by atoms with van der Waals surface area (Å²) >= 11 is 1.58. The van der Waals surface area contributed by atoms with Gasteiger partial charge in [-0.05, 0) is 17.0 Å². The summed E-state index contributed by atoms with van der Waals surface area (Å²) in [6, 6.07) is 2.01. The second-order valence-corrected chi connectivity index (χ2v) is 4.20. The normalized spacial score (nSPS) is 23.1. The maximum Gasteiger partial charge on any atom is 0.102 e. The van der Waals surface area contributed by atoms with Crippen molar-refractivity contribution in [2.75, 3.05) is 19.8 Å². The molecule has 2 heterocycles. The van der Waals surface area contributed by atoms with Crippen LogP contribution in [0.1, 0.15) is 16.5 Å². The van der Waals surface area contributed by atoms with Gasteiger partial charge >= 0.3 is 0 Å². The number of rotatable bonds is 2. The van der Waals surface area contributed by atoms with Gasteiger partial charge in [-0.2, -0.15) is 0 Å². The number of aliphatic hydroxyl groups is 1. The highest BCUT2D eigenvalue weighted by atomic mass is 32.1. The van der Waals surface area contributed by atoms with Gasteiger partial charge in [-0.3, -0.25) is 4.90 Å². The average molecular weight is 201 g/mol. The maximum absolute atomic E-state index is 12.1. The predicted molar refractivity (Wildman–Crippen MR) is 50.5 cm³/mol. The van der Waals surface area contributed by atoms with E-state index < -0.39 is 6.10 Å². The highest BCUT2D eigenvalue weighted by molar-refractivity contribution is 7.10. The fourth-order valence-electron chi connectivity index (χ4n) is 1.69. The molecule has 1 unspecified atom stereocenters. The summed E-state index contributed by atoms with van der Waals surface area (Å²) in [5.41, 5.74) is 1.15. The average Bonchev–Trinajstić information content (AvgIpc) is 2.53. The summed E-state index contributed by atoms with van der Waals surface area (Å²) < 4.78 is 12.1. The van der Waals surface area contributed by atoms with Crippen LogP contribution in [0.15, 0.2) is 11.4 Å². The van der Waals surface area contributed by atoms with Crippen molar-refractivity contribution < 1.29 is 9.50 Å². The molecular formula is C9H12FNOS. The smallest absolute Gasteiger partial charge is 0.102 e. The van der Waals surface area contributed by atoms with Crippen molar-refractivity contribution in [3.8, 4) is 0 Å². The van der Waals surface area contributed by atoms with E-state index >= 15 is 0 Å². The SMILES string of the molecule is OC1CN(CCF)Cc2ccsc21. The first-order valence-electron chi connectivity index (χ1n) is 4.34. The Balaban J connectivity index is 2.14. The van der Waals surface area contributed by atoms with Crippen molar-refractivity contribution in [1.82, 2.24) is 4.90 Å². The van der Waals surface area contributed by atoms with Crippen molar-refractivity contribution in [3.63, 3.8) is 0 Å². The molecule has 0 aromatic carbocycles. The summed E-state index contributed by atoms with van der Waals surface area (Å²) in [6.45, 7) is 1.43. The Kier molecular flexibility index (Phi) is 2.62. The number of nitrogens with zero attached hydrogens (tertiary/aromatic N) is 1. The highest BCUT2D eigenvalue weighted by Crippen LogP contribution is 2.30. The predicted octanol–water partition coefficient (Wildman–Crippen LogP) is 1.57. The van der Waals surface area contributed by atoms with Crippen LogP contribution in [0.2, 0.25) is 0 Å². The van der Waals surface area contributed by atoms with Crippen LogP contribution in [0, 0.1) is 0 Å². The number of fused-ring (bicyclic) bond motifs is 1. The second-order valence-electron chi connectivity index (χ2n) is 3.25. The van der Waals surface area contributed by atoms with E-state index in [4.69, 9.17) is 0 Å². The molecule has 2 rings (SSSR count). The molecule has 2 nitrogen and oxygen atoms in total. The summed E-state index contributed by atoms with van der Waals surface area (Å²) in [7, 11) is 0. The molecule has 72 valence electrons. The topological polar surface area (TPSA) is 23.5 Å². The van der Waals surface area contributed by atoms with Crippen molar-refractivity contribution in [3.05, 3.63) is 21.9 Å². The van der Waals surface area contributed by atoms with Crippen LogP contribution < -0.4 is 0 Å². The van der Waals surface area contributed by atoms with E-state index in [0.29, 0.717) is 13.1 Å². The zero-order chi connectivity index (χ0) is 9.26. The fourth-order valence-corrected chi connectivity index (χ4v) is 2.59. The molecule has 0 saturated heterocycles. The van der Waals surface area contributed by atoms with E-state index in [9.17, 15) is 9.50 Å². The number of alkyl halides is 1. The Hall–Kier alpha value is -0.450. The lowest BCUT2D eigenvalue weighted by Crippen LogP contribution is -2.34. The minimum absolute atomic E-state index is 0.341. The third-order valence-corrected chi connectivity index (χ3v) is 3.37. The van der Waals surface area contributed by atoms with E-state index in [1.165, 1.54) is 0 Å². The summed E-state index contributed by atoms with van der Waals surface area (Å²) in [6.07, 6.45) is -0.421. The lowest BCUT2D eigenvalue weighted by atomic mass is 10.1. The van der Waals surface area contributed by atoms with Gasteiger partial charge in [0.15, 0.2) is 0 Å². The van der Waals surface area contributed by atoms with Crippen LogP contribution in [-0.2, 0) is 6.54 Å². The summed E-state index contributed by atoms with van der Waals surface area (Å²) in [4.78, 5) is 3.00. The van der Waals surface area contributed by atoms with Crippen molar-refractivity contribution in [2.45, 2.75) is 12.6 Å². The Bertz CT molecular complexity index is 289. The van der Waals surface area contributed by atoms with Crippen LogP contribution in [0.25, 0.3) is 0 Å². The maximum atomic E-state index is 12.1. The summed E-state index contributed by atoms with van der Waals surface area (Å²) in [5.74, 6) is 0. The molecule has 1 aromatic rings. The molecule has 1 aliphatic heterocycles. The van der Waals surface area contributed by atoms with E-state index in [1.807, 2.05) is 16.3 Å². The van der Waals surface area contributed by atoms with Crippen LogP contribution in [0.4, 0.5) is 4.39 Å². The Labute approximate surface area is 80.6 Å². The minimum Gasteiger partial charge on any atom is -0.386 e. The Morgan fingerprint density at radius 1 is 1.69 bits per heavy atom. The van der Waals surface area contributed by atoms with E-state index in [0.717, 1.165) is 17.0 Å². The number of halogens is 1. The fraction of sp³-hybridized carbons (Fsp3) is 0.556. The molecule has 0 bridgehead atoms. The van der Waals surface area contributed by atoms with Crippen LogP contribution in [0.5, 0.6) is 0 Å². The van der Waals surface area contributed by atoms with Gasteiger partial charge in [-0.15, -0.1) is 11.3 Å². The molecule has 1 N–H and O–H groups in total. The lowest BCUT2D eigenvalue weighted by Gasteiger charge is -2.29. The third-order valence-electron chi connectivity index (χ3n) is 2.31.